The third-order valence-corrected chi connectivity index (χ3v) is 2.63. The van der Waals surface area contributed by atoms with Crippen LogP contribution in [-0.4, -0.2) is 36.0 Å². The number of rotatable bonds is 5. The lowest BCUT2D eigenvalue weighted by molar-refractivity contribution is -0.0461. The summed E-state index contributed by atoms with van der Waals surface area (Å²) >= 11 is 0. The maximum atomic E-state index is 9.74. The van der Waals surface area contributed by atoms with E-state index in [9.17, 15) is 5.11 Å². The average Bonchev–Trinajstić information content (AvgIpc) is 2.08. The third kappa shape index (κ3) is 8.08. The van der Waals surface area contributed by atoms with Crippen LogP contribution >= 0.6 is 0 Å². The van der Waals surface area contributed by atoms with Crippen LogP contribution in [0.3, 0.4) is 0 Å². The lowest BCUT2D eigenvalue weighted by Crippen LogP contribution is -2.42. The predicted octanol–water partition coefficient (Wildman–Crippen LogP) is 2.19. The summed E-state index contributed by atoms with van der Waals surface area (Å²) in [4.78, 5) is 0. The fraction of sp³-hybridized carbons (Fsp3) is 1.00. The van der Waals surface area contributed by atoms with E-state index in [0.29, 0.717) is 13.2 Å². The Hall–Kier alpha value is -0.120. The Labute approximate surface area is 101 Å². The fourth-order valence-corrected chi connectivity index (χ4v) is 0.988. The van der Waals surface area contributed by atoms with Gasteiger partial charge in [-0.3, -0.25) is 0 Å². The molecule has 0 rings (SSSR count). The number of hydrogen-bond acceptors (Lipinski definition) is 3. The van der Waals surface area contributed by atoms with Crippen molar-refractivity contribution in [2.75, 3.05) is 13.2 Å². The Morgan fingerprint density at radius 1 is 1.12 bits per heavy atom. The molecule has 0 aliphatic rings. The van der Waals surface area contributed by atoms with Gasteiger partial charge in [0.15, 0.2) is 0 Å². The minimum absolute atomic E-state index is 0.0383. The molecule has 98 valence electrons. The van der Waals surface area contributed by atoms with Crippen molar-refractivity contribution in [2.45, 2.75) is 66.2 Å². The zero-order valence-electron chi connectivity index (χ0n) is 11.9. The smallest absolute Gasteiger partial charge is 0.0898 e. The van der Waals surface area contributed by atoms with Crippen LogP contribution in [0.1, 0.15) is 48.5 Å². The molecule has 0 aliphatic carbocycles. The van der Waals surface area contributed by atoms with E-state index in [1.807, 2.05) is 6.92 Å². The number of β-amino-alcohol motifs (C(OH)–C–C–N with tert-alkyl or cyclic N) is 1. The molecule has 0 heterocycles. The second-order valence-electron chi connectivity index (χ2n) is 6.63. The largest absolute Gasteiger partial charge is 0.389 e. The summed E-state index contributed by atoms with van der Waals surface area (Å²) in [6, 6.07) is 0. The first-order valence-corrected chi connectivity index (χ1v) is 6.07. The van der Waals surface area contributed by atoms with Gasteiger partial charge in [0, 0.05) is 12.1 Å². The molecule has 2 atom stereocenters. The van der Waals surface area contributed by atoms with Gasteiger partial charge in [0.2, 0.25) is 0 Å². The van der Waals surface area contributed by atoms with Crippen molar-refractivity contribution in [3.05, 3.63) is 0 Å². The van der Waals surface area contributed by atoms with Crippen molar-refractivity contribution < 1.29 is 9.84 Å². The summed E-state index contributed by atoms with van der Waals surface area (Å²) in [7, 11) is 0. The van der Waals surface area contributed by atoms with Gasteiger partial charge in [-0.15, -0.1) is 0 Å². The quantitative estimate of drug-likeness (QED) is 0.762. The second-order valence-corrected chi connectivity index (χ2v) is 6.63. The fourth-order valence-electron chi connectivity index (χ4n) is 0.988. The number of hydrogen-bond donors (Lipinski definition) is 2. The van der Waals surface area contributed by atoms with E-state index in [0.717, 1.165) is 0 Å². The SMILES string of the molecule is CC(OCC(O)CNC(C)(C)C)C(C)(C)C. The minimum atomic E-state index is -0.441. The number of nitrogens with one attached hydrogen (secondary N) is 1. The van der Waals surface area contributed by atoms with Crippen LogP contribution < -0.4 is 5.32 Å². The summed E-state index contributed by atoms with van der Waals surface area (Å²) in [5.41, 5.74) is 0.161. The van der Waals surface area contributed by atoms with E-state index in [1.54, 1.807) is 0 Å². The van der Waals surface area contributed by atoms with Gasteiger partial charge in [0.05, 0.1) is 18.8 Å². The summed E-state index contributed by atoms with van der Waals surface area (Å²) in [5, 5.41) is 13.0. The highest BCUT2D eigenvalue weighted by atomic mass is 16.5. The van der Waals surface area contributed by atoms with Crippen LogP contribution in [0.25, 0.3) is 0 Å². The second kappa shape index (κ2) is 5.99. The molecule has 0 bridgehead atoms. The van der Waals surface area contributed by atoms with Gasteiger partial charge < -0.3 is 15.2 Å². The van der Waals surface area contributed by atoms with E-state index in [2.05, 4.69) is 46.9 Å². The van der Waals surface area contributed by atoms with Crippen molar-refractivity contribution >= 4 is 0 Å². The first kappa shape index (κ1) is 15.9. The highest BCUT2D eigenvalue weighted by Crippen LogP contribution is 2.21. The Kier molecular flexibility index (Phi) is 5.94. The molecule has 16 heavy (non-hydrogen) atoms. The van der Waals surface area contributed by atoms with Crippen molar-refractivity contribution in [3.63, 3.8) is 0 Å². The molecule has 0 saturated heterocycles. The summed E-state index contributed by atoms with van der Waals surface area (Å²) in [6.07, 6.45) is -0.291. The Bertz CT molecular complexity index is 191. The summed E-state index contributed by atoms with van der Waals surface area (Å²) in [5.74, 6) is 0. The van der Waals surface area contributed by atoms with E-state index in [4.69, 9.17) is 4.74 Å². The first-order valence-electron chi connectivity index (χ1n) is 6.07. The van der Waals surface area contributed by atoms with E-state index >= 15 is 0 Å². The van der Waals surface area contributed by atoms with Gasteiger partial charge in [-0.25, -0.2) is 0 Å². The third-order valence-electron chi connectivity index (χ3n) is 2.63. The topological polar surface area (TPSA) is 41.5 Å². The van der Waals surface area contributed by atoms with Crippen LogP contribution in [0.15, 0.2) is 0 Å². The maximum absolute atomic E-state index is 9.74. The van der Waals surface area contributed by atoms with Crippen LogP contribution in [0.5, 0.6) is 0 Å². The van der Waals surface area contributed by atoms with Crippen LogP contribution in [0, 0.1) is 5.41 Å². The van der Waals surface area contributed by atoms with E-state index < -0.39 is 6.10 Å². The van der Waals surface area contributed by atoms with E-state index in [-0.39, 0.29) is 17.1 Å². The summed E-state index contributed by atoms with van der Waals surface area (Å²) < 4.78 is 5.64. The molecule has 0 radical (unpaired) electrons. The molecule has 0 spiro atoms. The molecule has 0 saturated carbocycles. The van der Waals surface area contributed by atoms with Crippen LogP contribution in [0.2, 0.25) is 0 Å². The lowest BCUT2D eigenvalue weighted by atomic mass is 9.90. The molecule has 3 heteroatoms. The zero-order chi connectivity index (χ0) is 13.0. The molecule has 0 aromatic carbocycles. The maximum Gasteiger partial charge on any atom is 0.0898 e. The minimum Gasteiger partial charge on any atom is -0.389 e. The normalized spacial score (nSPS) is 17.2. The van der Waals surface area contributed by atoms with Crippen molar-refractivity contribution in [1.29, 1.82) is 0 Å². The molecule has 0 aliphatic heterocycles. The molecule has 2 unspecified atom stereocenters. The highest BCUT2D eigenvalue weighted by molar-refractivity contribution is 4.74. The standard InChI is InChI=1S/C13H29NO2/c1-10(12(2,3)4)16-9-11(15)8-14-13(5,6)7/h10-11,14-15H,8-9H2,1-7H3. The lowest BCUT2D eigenvalue weighted by Gasteiger charge is -2.29. The number of aliphatic hydroxyl groups is 1. The van der Waals surface area contributed by atoms with Crippen molar-refractivity contribution in [1.82, 2.24) is 5.32 Å². The summed E-state index contributed by atoms with van der Waals surface area (Å²) in [6.45, 7) is 15.7. The van der Waals surface area contributed by atoms with Gasteiger partial charge in [0.1, 0.15) is 0 Å². The van der Waals surface area contributed by atoms with Crippen molar-refractivity contribution in [3.8, 4) is 0 Å². The monoisotopic (exact) mass is 231 g/mol. The molecule has 0 aromatic rings. The Balaban J connectivity index is 3.78. The average molecular weight is 231 g/mol. The number of ether oxygens (including phenoxy) is 1. The molecule has 0 aromatic heterocycles. The molecule has 0 amide bonds. The predicted molar refractivity (Wildman–Crippen MR) is 68.6 cm³/mol. The molecular formula is C13H29NO2. The molecule has 2 N–H and O–H groups in total. The molecular weight excluding hydrogens is 202 g/mol. The highest BCUT2D eigenvalue weighted by Gasteiger charge is 2.21. The first-order chi connectivity index (χ1) is 7.02. The van der Waals surface area contributed by atoms with Crippen LogP contribution in [0.4, 0.5) is 0 Å². The van der Waals surface area contributed by atoms with Gasteiger partial charge in [-0.05, 0) is 33.1 Å². The molecule has 0 fully saturated rings. The van der Waals surface area contributed by atoms with Crippen molar-refractivity contribution in [2.24, 2.45) is 5.41 Å². The van der Waals surface area contributed by atoms with E-state index in [1.165, 1.54) is 0 Å². The number of aliphatic hydroxyl groups excluding tert-OH is 1. The van der Waals surface area contributed by atoms with Gasteiger partial charge >= 0.3 is 0 Å². The van der Waals surface area contributed by atoms with Crippen LogP contribution in [-0.2, 0) is 4.74 Å². The van der Waals surface area contributed by atoms with Gasteiger partial charge in [0.25, 0.3) is 0 Å². The molecule has 3 nitrogen and oxygen atoms in total. The Morgan fingerprint density at radius 2 is 1.62 bits per heavy atom. The zero-order valence-corrected chi connectivity index (χ0v) is 11.9. The van der Waals surface area contributed by atoms with Gasteiger partial charge in [-0.1, -0.05) is 20.8 Å². The van der Waals surface area contributed by atoms with Gasteiger partial charge in [-0.2, -0.15) is 0 Å². The Morgan fingerprint density at radius 3 is 2.00 bits per heavy atom.